The molecular weight excluding hydrogens is 282 g/mol. The van der Waals surface area contributed by atoms with Crippen molar-refractivity contribution in [2.24, 2.45) is 5.14 Å². The minimum atomic E-state index is -3.41. The first-order valence-electron chi connectivity index (χ1n) is 4.26. The fraction of sp³-hybridized carbons (Fsp3) is 0.375. The standard InChI is InChI=1S/C8H12BrN3O2S/c1-6-7(9)2-3-8(12-6)11-4-5-15(10,13)14/h2-3H,4-5H2,1H3,(H,11,12)(H2,10,13,14). The predicted molar refractivity (Wildman–Crippen MR) is 63.1 cm³/mol. The number of hydrogen-bond donors (Lipinski definition) is 2. The number of sulfonamides is 1. The monoisotopic (exact) mass is 293 g/mol. The average molecular weight is 294 g/mol. The van der Waals surface area contributed by atoms with Crippen LogP contribution in [0, 0.1) is 6.92 Å². The summed E-state index contributed by atoms with van der Waals surface area (Å²) in [6.45, 7) is 2.11. The van der Waals surface area contributed by atoms with Crippen LogP contribution in [0.2, 0.25) is 0 Å². The largest absolute Gasteiger partial charge is 0.369 e. The first-order valence-corrected chi connectivity index (χ1v) is 6.77. The smallest absolute Gasteiger partial charge is 0.210 e. The lowest BCUT2D eigenvalue weighted by molar-refractivity contribution is 0.598. The molecule has 0 fully saturated rings. The van der Waals surface area contributed by atoms with E-state index in [1.807, 2.05) is 13.0 Å². The minimum absolute atomic E-state index is 0.107. The molecule has 7 heteroatoms. The number of hydrogen-bond acceptors (Lipinski definition) is 4. The van der Waals surface area contributed by atoms with Crippen LogP contribution in [0.1, 0.15) is 5.69 Å². The molecule has 0 aliphatic carbocycles. The molecule has 0 bridgehead atoms. The first kappa shape index (κ1) is 12.4. The highest BCUT2D eigenvalue weighted by Crippen LogP contribution is 2.15. The van der Waals surface area contributed by atoms with Gasteiger partial charge in [0.2, 0.25) is 10.0 Å². The summed E-state index contributed by atoms with van der Waals surface area (Å²) in [5, 5.41) is 7.74. The van der Waals surface area contributed by atoms with E-state index >= 15 is 0 Å². The van der Waals surface area contributed by atoms with E-state index in [0.717, 1.165) is 10.2 Å². The van der Waals surface area contributed by atoms with Gasteiger partial charge in [-0.1, -0.05) is 0 Å². The van der Waals surface area contributed by atoms with Crippen LogP contribution in [-0.2, 0) is 10.0 Å². The average Bonchev–Trinajstić information content (AvgIpc) is 2.09. The van der Waals surface area contributed by atoms with Crippen LogP contribution < -0.4 is 10.5 Å². The number of pyridine rings is 1. The van der Waals surface area contributed by atoms with E-state index in [0.29, 0.717) is 5.82 Å². The summed E-state index contributed by atoms with van der Waals surface area (Å²) in [5.41, 5.74) is 0.843. The molecule has 0 aliphatic heterocycles. The quantitative estimate of drug-likeness (QED) is 0.862. The van der Waals surface area contributed by atoms with E-state index in [2.05, 4.69) is 26.2 Å². The Bertz CT molecular complexity index is 447. The van der Waals surface area contributed by atoms with Gasteiger partial charge in [0.1, 0.15) is 5.82 Å². The second kappa shape index (κ2) is 4.91. The summed E-state index contributed by atoms with van der Waals surface area (Å²) in [6, 6.07) is 3.61. The normalized spacial score (nSPS) is 11.4. The molecule has 5 nitrogen and oxygen atoms in total. The zero-order chi connectivity index (χ0) is 11.5. The van der Waals surface area contributed by atoms with Crippen LogP contribution in [0.3, 0.4) is 0 Å². The number of aromatic nitrogens is 1. The van der Waals surface area contributed by atoms with Gasteiger partial charge in [0.15, 0.2) is 0 Å². The van der Waals surface area contributed by atoms with Crippen LogP contribution in [0.4, 0.5) is 5.82 Å². The van der Waals surface area contributed by atoms with Crippen LogP contribution in [0.25, 0.3) is 0 Å². The molecule has 0 saturated carbocycles. The number of halogens is 1. The van der Waals surface area contributed by atoms with E-state index in [9.17, 15) is 8.42 Å². The van der Waals surface area contributed by atoms with E-state index in [-0.39, 0.29) is 12.3 Å². The van der Waals surface area contributed by atoms with Crippen molar-refractivity contribution >= 4 is 31.8 Å². The Morgan fingerprint density at radius 3 is 2.73 bits per heavy atom. The van der Waals surface area contributed by atoms with Gasteiger partial charge in [-0.25, -0.2) is 18.5 Å². The zero-order valence-electron chi connectivity index (χ0n) is 8.20. The first-order chi connectivity index (χ1) is 6.88. The SMILES string of the molecule is Cc1nc(NCCS(N)(=O)=O)ccc1Br. The second-order valence-corrected chi connectivity index (χ2v) is 5.65. The Balaban J connectivity index is 2.55. The van der Waals surface area contributed by atoms with Crippen molar-refractivity contribution in [1.29, 1.82) is 0 Å². The van der Waals surface area contributed by atoms with Gasteiger partial charge in [0.25, 0.3) is 0 Å². The molecule has 84 valence electrons. The summed E-state index contributed by atoms with van der Waals surface area (Å²) in [7, 11) is -3.41. The molecule has 1 heterocycles. The van der Waals surface area contributed by atoms with Crippen molar-refractivity contribution in [3.8, 4) is 0 Å². The lowest BCUT2D eigenvalue weighted by Crippen LogP contribution is -2.22. The molecule has 0 radical (unpaired) electrons. The molecule has 0 spiro atoms. The van der Waals surface area contributed by atoms with Gasteiger partial charge >= 0.3 is 0 Å². The van der Waals surface area contributed by atoms with Crippen molar-refractivity contribution in [3.63, 3.8) is 0 Å². The molecular formula is C8H12BrN3O2S. The van der Waals surface area contributed by atoms with Crippen LogP contribution in [-0.4, -0.2) is 25.7 Å². The third-order valence-electron chi connectivity index (χ3n) is 1.71. The highest BCUT2D eigenvalue weighted by atomic mass is 79.9. The molecule has 3 N–H and O–H groups in total. The van der Waals surface area contributed by atoms with Crippen molar-refractivity contribution in [1.82, 2.24) is 4.98 Å². The van der Waals surface area contributed by atoms with Crippen molar-refractivity contribution in [2.75, 3.05) is 17.6 Å². The van der Waals surface area contributed by atoms with Gasteiger partial charge in [0.05, 0.1) is 11.4 Å². The summed E-state index contributed by atoms with van der Waals surface area (Å²) < 4.78 is 22.2. The molecule has 0 aromatic carbocycles. The van der Waals surface area contributed by atoms with Gasteiger partial charge in [-0.2, -0.15) is 0 Å². The van der Waals surface area contributed by atoms with Crippen molar-refractivity contribution in [2.45, 2.75) is 6.92 Å². The third kappa shape index (κ3) is 4.59. The highest BCUT2D eigenvalue weighted by Gasteiger charge is 2.03. The molecule has 1 aromatic heterocycles. The molecule has 0 amide bonds. The Morgan fingerprint density at radius 2 is 2.20 bits per heavy atom. The summed E-state index contributed by atoms with van der Waals surface area (Å²) in [4.78, 5) is 4.20. The van der Waals surface area contributed by atoms with E-state index in [1.54, 1.807) is 6.07 Å². The Hall–Kier alpha value is -0.660. The number of nitrogens with one attached hydrogen (secondary N) is 1. The topological polar surface area (TPSA) is 85.1 Å². The molecule has 0 atom stereocenters. The maximum atomic E-state index is 10.7. The summed E-state index contributed by atoms with van der Waals surface area (Å²) in [6.07, 6.45) is 0. The number of aryl methyl sites for hydroxylation is 1. The number of anilines is 1. The van der Waals surface area contributed by atoms with Gasteiger partial charge < -0.3 is 5.32 Å². The molecule has 1 aromatic rings. The fourth-order valence-corrected chi connectivity index (χ4v) is 1.57. The van der Waals surface area contributed by atoms with Gasteiger partial charge in [-0.05, 0) is 35.0 Å². The summed E-state index contributed by atoms with van der Waals surface area (Å²) >= 11 is 3.32. The Kier molecular flexibility index (Phi) is 4.06. The van der Waals surface area contributed by atoms with Crippen LogP contribution in [0.15, 0.2) is 16.6 Å². The van der Waals surface area contributed by atoms with Gasteiger partial charge in [0, 0.05) is 11.0 Å². The lowest BCUT2D eigenvalue weighted by Gasteiger charge is -2.05. The lowest BCUT2D eigenvalue weighted by atomic mass is 10.4. The molecule has 1 rings (SSSR count). The van der Waals surface area contributed by atoms with E-state index < -0.39 is 10.0 Å². The number of rotatable bonds is 4. The van der Waals surface area contributed by atoms with Crippen LogP contribution >= 0.6 is 15.9 Å². The van der Waals surface area contributed by atoms with Gasteiger partial charge in [-0.15, -0.1) is 0 Å². The summed E-state index contributed by atoms with van der Waals surface area (Å²) in [5.74, 6) is 0.531. The maximum absolute atomic E-state index is 10.7. The minimum Gasteiger partial charge on any atom is -0.369 e. The highest BCUT2D eigenvalue weighted by molar-refractivity contribution is 9.10. The zero-order valence-corrected chi connectivity index (χ0v) is 10.6. The Labute approximate surface area is 97.3 Å². The fourth-order valence-electron chi connectivity index (χ4n) is 0.964. The van der Waals surface area contributed by atoms with E-state index in [4.69, 9.17) is 5.14 Å². The molecule has 0 aliphatic rings. The van der Waals surface area contributed by atoms with Crippen molar-refractivity contribution in [3.05, 3.63) is 22.3 Å². The van der Waals surface area contributed by atoms with Crippen molar-refractivity contribution < 1.29 is 8.42 Å². The Morgan fingerprint density at radius 1 is 1.53 bits per heavy atom. The van der Waals surface area contributed by atoms with Gasteiger partial charge in [-0.3, -0.25) is 0 Å². The number of nitrogens with zero attached hydrogens (tertiary/aromatic N) is 1. The number of primary sulfonamides is 1. The molecule has 0 saturated heterocycles. The maximum Gasteiger partial charge on any atom is 0.210 e. The second-order valence-electron chi connectivity index (χ2n) is 3.06. The van der Waals surface area contributed by atoms with E-state index in [1.165, 1.54) is 0 Å². The predicted octanol–water partition coefficient (Wildman–Crippen LogP) is 0.853. The number of nitrogens with two attached hydrogens (primary N) is 1. The molecule has 15 heavy (non-hydrogen) atoms. The third-order valence-corrected chi connectivity index (χ3v) is 3.33. The molecule has 0 unspecified atom stereocenters. The van der Waals surface area contributed by atoms with Crippen LogP contribution in [0.5, 0.6) is 0 Å².